The van der Waals surface area contributed by atoms with Crippen LogP contribution in [0.2, 0.25) is 0 Å². The van der Waals surface area contributed by atoms with Crippen LogP contribution in [-0.4, -0.2) is 16.8 Å². The van der Waals surface area contributed by atoms with Crippen molar-refractivity contribution in [2.75, 3.05) is 10.6 Å². The molecule has 0 radical (unpaired) electrons. The number of hydrogen-bond donors (Lipinski definition) is 2. The Bertz CT molecular complexity index is 955. The average Bonchev–Trinajstić information content (AvgIpc) is 3.16. The van der Waals surface area contributed by atoms with E-state index in [-0.39, 0.29) is 11.8 Å². The molecule has 3 aromatic rings. The van der Waals surface area contributed by atoms with E-state index in [0.29, 0.717) is 29.3 Å². The van der Waals surface area contributed by atoms with Crippen molar-refractivity contribution in [3.63, 3.8) is 0 Å². The Balaban J connectivity index is 1.75. The summed E-state index contributed by atoms with van der Waals surface area (Å²) < 4.78 is 5.76. The molecule has 0 saturated heterocycles. The van der Waals surface area contributed by atoms with E-state index in [9.17, 15) is 9.59 Å². The van der Waals surface area contributed by atoms with Gasteiger partial charge in [-0.2, -0.15) is 0 Å². The predicted octanol–water partition coefficient (Wildman–Crippen LogP) is 4.24. The maximum absolute atomic E-state index is 12.7. The fraction of sp³-hybridized carbons (Fsp3) is 0.150. The predicted molar refractivity (Wildman–Crippen MR) is 106 cm³/mol. The summed E-state index contributed by atoms with van der Waals surface area (Å²) in [7, 11) is 0. The van der Waals surface area contributed by atoms with Gasteiger partial charge in [-0.1, -0.05) is 18.2 Å². The molecule has 7 heteroatoms. The number of aryl methyl sites for hydroxylation is 1. The summed E-state index contributed by atoms with van der Waals surface area (Å²) in [5, 5.41) is 7.50. The van der Waals surface area contributed by atoms with Gasteiger partial charge in [0.1, 0.15) is 12.4 Å². The lowest BCUT2D eigenvalue weighted by molar-refractivity contribution is -0.114. The minimum Gasteiger partial charge on any atom is -0.486 e. The van der Waals surface area contributed by atoms with Gasteiger partial charge in [0.25, 0.3) is 5.91 Å². The molecule has 6 nitrogen and oxygen atoms in total. The molecule has 0 atom stereocenters. The smallest absolute Gasteiger partial charge is 0.259 e. The highest BCUT2D eigenvalue weighted by Crippen LogP contribution is 2.24. The van der Waals surface area contributed by atoms with Crippen molar-refractivity contribution in [3.8, 4) is 5.75 Å². The van der Waals surface area contributed by atoms with E-state index in [2.05, 4.69) is 15.6 Å². The quantitative estimate of drug-likeness (QED) is 0.669. The Morgan fingerprint density at radius 3 is 2.70 bits per heavy atom. The van der Waals surface area contributed by atoms with Gasteiger partial charge in [-0.05, 0) is 36.8 Å². The number of thiazole rings is 1. The number of amides is 2. The third-order valence-corrected chi connectivity index (χ3v) is 4.43. The molecule has 27 heavy (non-hydrogen) atoms. The number of anilines is 2. The lowest BCUT2D eigenvalue weighted by Gasteiger charge is -2.13. The van der Waals surface area contributed by atoms with E-state index in [1.165, 1.54) is 18.3 Å². The fourth-order valence-electron chi connectivity index (χ4n) is 2.46. The zero-order valence-corrected chi connectivity index (χ0v) is 15.8. The number of benzene rings is 2. The van der Waals surface area contributed by atoms with Crippen LogP contribution in [0.3, 0.4) is 0 Å². The Hall–Kier alpha value is -3.19. The monoisotopic (exact) mass is 381 g/mol. The first-order valence-corrected chi connectivity index (χ1v) is 9.25. The third kappa shape index (κ3) is 4.92. The topological polar surface area (TPSA) is 80.3 Å². The Morgan fingerprint density at radius 2 is 1.96 bits per heavy atom. The number of aromatic nitrogens is 1. The number of para-hydroxylation sites is 1. The van der Waals surface area contributed by atoms with Gasteiger partial charge in [0.15, 0.2) is 0 Å². The molecule has 3 rings (SSSR count). The second-order valence-corrected chi connectivity index (χ2v) is 6.65. The first-order chi connectivity index (χ1) is 13.0. The molecule has 0 unspecified atom stereocenters. The standard InChI is InChI=1S/C20H19N3O3S/c1-13-7-8-15(9-18(13)22-14(2)24)23-20(25)17-5-3-4-6-19(17)26-10-16-11-27-12-21-16/h3-9,11-12H,10H2,1-2H3,(H,22,24)(H,23,25). The molecule has 0 saturated carbocycles. The van der Waals surface area contributed by atoms with Crippen LogP contribution in [0.1, 0.15) is 28.5 Å². The average molecular weight is 381 g/mol. The normalized spacial score (nSPS) is 10.3. The van der Waals surface area contributed by atoms with Gasteiger partial charge < -0.3 is 15.4 Å². The number of carbonyl (C=O) groups is 2. The maximum atomic E-state index is 12.7. The Kier molecular flexibility index (Phi) is 5.83. The second-order valence-electron chi connectivity index (χ2n) is 5.93. The summed E-state index contributed by atoms with van der Waals surface area (Å²) in [4.78, 5) is 28.2. The molecule has 2 aromatic carbocycles. The highest BCUT2D eigenvalue weighted by Gasteiger charge is 2.13. The van der Waals surface area contributed by atoms with Crippen LogP contribution in [0.25, 0.3) is 0 Å². The van der Waals surface area contributed by atoms with E-state index in [4.69, 9.17) is 4.74 Å². The van der Waals surface area contributed by atoms with Crippen molar-refractivity contribution in [1.29, 1.82) is 0 Å². The number of carbonyl (C=O) groups excluding carboxylic acids is 2. The lowest BCUT2D eigenvalue weighted by Crippen LogP contribution is -2.14. The van der Waals surface area contributed by atoms with Crippen LogP contribution in [-0.2, 0) is 11.4 Å². The number of rotatable bonds is 6. The van der Waals surface area contributed by atoms with Gasteiger partial charge in [0.05, 0.1) is 16.8 Å². The summed E-state index contributed by atoms with van der Waals surface area (Å²) in [6, 6.07) is 12.4. The zero-order chi connectivity index (χ0) is 19.2. The molecule has 138 valence electrons. The van der Waals surface area contributed by atoms with E-state index in [1.807, 2.05) is 24.4 Å². The summed E-state index contributed by atoms with van der Waals surface area (Å²) >= 11 is 1.49. The van der Waals surface area contributed by atoms with Gasteiger partial charge in [0.2, 0.25) is 5.91 Å². The SMILES string of the molecule is CC(=O)Nc1cc(NC(=O)c2ccccc2OCc2cscn2)ccc1C. The van der Waals surface area contributed by atoms with E-state index >= 15 is 0 Å². The van der Waals surface area contributed by atoms with Gasteiger partial charge >= 0.3 is 0 Å². The molecule has 1 aromatic heterocycles. The summed E-state index contributed by atoms with van der Waals surface area (Å²) in [6.07, 6.45) is 0. The van der Waals surface area contributed by atoms with E-state index in [1.54, 1.807) is 35.8 Å². The molecular formula is C20H19N3O3S. The number of ether oxygens (including phenoxy) is 1. The van der Waals surface area contributed by atoms with Crippen LogP contribution in [0, 0.1) is 6.92 Å². The van der Waals surface area contributed by atoms with Crippen molar-refractivity contribution in [3.05, 3.63) is 70.2 Å². The highest BCUT2D eigenvalue weighted by atomic mass is 32.1. The molecular weight excluding hydrogens is 362 g/mol. The van der Waals surface area contributed by atoms with E-state index in [0.717, 1.165) is 11.3 Å². The van der Waals surface area contributed by atoms with Crippen molar-refractivity contribution >= 4 is 34.5 Å². The first kappa shape index (κ1) is 18.6. The Labute approximate surface area is 161 Å². The molecule has 2 N–H and O–H groups in total. The van der Waals surface area contributed by atoms with Gasteiger partial charge in [-0.15, -0.1) is 11.3 Å². The van der Waals surface area contributed by atoms with Crippen molar-refractivity contribution in [1.82, 2.24) is 4.98 Å². The molecule has 0 bridgehead atoms. The minimum absolute atomic E-state index is 0.164. The van der Waals surface area contributed by atoms with Crippen molar-refractivity contribution in [2.24, 2.45) is 0 Å². The molecule has 2 amide bonds. The van der Waals surface area contributed by atoms with Crippen LogP contribution in [0.15, 0.2) is 53.4 Å². The number of nitrogens with one attached hydrogen (secondary N) is 2. The largest absolute Gasteiger partial charge is 0.486 e. The van der Waals surface area contributed by atoms with Gasteiger partial charge in [0, 0.05) is 23.7 Å². The molecule has 0 aliphatic rings. The summed E-state index contributed by atoms with van der Waals surface area (Å²) in [6.45, 7) is 3.63. The molecule has 0 fully saturated rings. The number of hydrogen-bond acceptors (Lipinski definition) is 5. The van der Waals surface area contributed by atoms with Gasteiger partial charge in [-0.3, -0.25) is 9.59 Å². The fourth-order valence-corrected chi connectivity index (χ4v) is 3.01. The number of nitrogens with zero attached hydrogens (tertiary/aromatic N) is 1. The van der Waals surface area contributed by atoms with Crippen molar-refractivity contribution < 1.29 is 14.3 Å². The summed E-state index contributed by atoms with van der Waals surface area (Å²) in [5.41, 5.74) is 5.14. The molecule has 0 aliphatic carbocycles. The Morgan fingerprint density at radius 1 is 1.15 bits per heavy atom. The lowest BCUT2D eigenvalue weighted by atomic mass is 10.1. The van der Waals surface area contributed by atoms with Crippen LogP contribution >= 0.6 is 11.3 Å². The zero-order valence-electron chi connectivity index (χ0n) is 15.0. The molecule has 1 heterocycles. The molecule has 0 spiro atoms. The highest BCUT2D eigenvalue weighted by molar-refractivity contribution is 7.07. The van der Waals surface area contributed by atoms with Crippen LogP contribution in [0.4, 0.5) is 11.4 Å². The van der Waals surface area contributed by atoms with Crippen LogP contribution in [0.5, 0.6) is 5.75 Å². The van der Waals surface area contributed by atoms with Gasteiger partial charge in [-0.25, -0.2) is 4.98 Å². The maximum Gasteiger partial charge on any atom is 0.259 e. The summed E-state index contributed by atoms with van der Waals surface area (Å²) in [5.74, 6) is 0.0288. The first-order valence-electron chi connectivity index (χ1n) is 8.31. The van der Waals surface area contributed by atoms with Crippen LogP contribution < -0.4 is 15.4 Å². The molecule has 0 aliphatic heterocycles. The van der Waals surface area contributed by atoms with Crippen molar-refractivity contribution in [2.45, 2.75) is 20.5 Å². The second kappa shape index (κ2) is 8.46. The van der Waals surface area contributed by atoms with E-state index < -0.39 is 0 Å². The third-order valence-electron chi connectivity index (χ3n) is 3.80. The minimum atomic E-state index is -0.290.